The number of amides is 1. The van der Waals surface area contributed by atoms with Crippen LogP contribution in [-0.4, -0.2) is 36.4 Å². The highest BCUT2D eigenvalue weighted by molar-refractivity contribution is 6.23. The molecule has 1 aliphatic carbocycles. The summed E-state index contributed by atoms with van der Waals surface area (Å²) in [6.45, 7) is 4.02. The van der Waals surface area contributed by atoms with Crippen LogP contribution in [0.25, 0.3) is 5.57 Å². The predicted molar refractivity (Wildman–Crippen MR) is 96.2 cm³/mol. The quantitative estimate of drug-likeness (QED) is 0.811. The molecule has 1 aromatic carbocycles. The van der Waals surface area contributed by atoms with Gasteiger partial charge in [0, 0.05) is 6.61 Å². The second kappa shape index (κ2) is 7.11. The second-order valence-corrected chi connectivity index (χ2v) is 7.24. The molecule has 2 N–H and O–H groups in total. The number of rotatable bonds is 3. The van der Waals surface area contributed by atoms with Crippen molar-refractivity contribution < 1.29 is 24.2 Å². The third kappa shape index (κ3) is 3.21. The number of aliphatic hydroxyl groups is 1. The molecular weight excluding hydrogens is 334 g/mol. The van der Waals surface area contributed by atoms with E-state index >= 15 is 0 Å². The molecule has 0 saturated heterocycles. The summed E-state index contributed by atoms with van der Waals surface area (Å²) in [5, 5.41) is 12.5. The first kappa shape index (κ1) is 18.5. The van der Waals surface area contributed by atoms with E-state index in [4.69, 9.17) is 4.74 Å². The van der Waals surface area contributed by atoms with Gasteiger partial charge in [0.05, 0.1) is 18.2 Å². The minimum absolute atomic E-state index is 0.130. The van der Waals surface area contributed by atoms with Crippen LogP contribution in [0.5, 0.6) is 0 Å². The molecule has 1 fully saturated rings. The van der Waals surface area contributed by atoms with Crippen molar-refractivity contribution in [1.82, 2.24) is 5.32 Å². The van der Waals surface area contributed by atoms with Gasteiger partial charge in [0.1, 0.15) is 5.76 Å². The Morgan fingerprint density at radius 1 is 1.31 bits per heavy atom. The largest absolute Gasteiger partial charge is 0.513 e. The summed E-state index contributed by atoms with van der Waals surface area (Å²) in [4.78, 5) is 24.8. The first-order valence-corrected chi connectivity index (χ1v) is 8.91. The standard InChI is InChI=1S/C20H25NO5/c1-12-4-5-13(2)15(10-12)16-17(26-19(24)25-3)20(21-18(16)23)8-6-14(11-22)7-9-20/h4-5,10,14,22H,6-9,11H2,1-3H3,(H,21,23)/t14-,20+. The van der Waals surface area contributed by atoms with Crippen LogP contribution in [0.4, 0.5) is 4.79 Å². The third-order valence-electron chi connectivity index (χ3n) is 5.47. The summed E-state index contributed by atoms with van der Waals surface area (Å²) < 4.78 is 10.2. The number of aliphatic hydroxyl groups excluding tert-OH is 1. The average molecular weight is 359 g/mol. The average Bonchev–Trinajstić information content (AvgIpc) is 2.89. The Labute approximate surface area is 153 Å². The summed E-state index contributed by atoms with van der Waals surface area (Å²) in [5.41, 5.74) is 2.41. The van der Waals surface area contributed by atoms with Gasteiger partial charge >= 0.3 is 6.16 Å². The molecule has 3 rings (SSSR count). The SMILES string of the molecule is COC(=O)OC1=C(c2cc(C)ccc2C)C(=O)N[C@]12CC[C@@H](CO)CC2. The van der Waals surface area contributed by atoms with Gasteiger partial charge in [-0.1, -0.05) is 23.8 Å². The van der Waals surface area contributed by atoms with E-state index in [0.717, 1.165) is 29.5 Å². The van der Waals surface area contributed by atoms with Gasteiger partial charge in [-0.15, -0.1) is 0 Å². The number of carbonyl (C=O) groups is 2. The second-order valence-electron chi connectivity index (χ2n) is 7.24. The zero-order valence-corrected chi connectivity index (χ0v) is 15.4. The van der Waals surface area contributed by atoms with Gasteiger partial charge < -0.3 is 19.9 Å². The van der Waals surface area contributed by atoms with Crippen LogP contribution in [0, 0.1) is 19.8 Å². The Bertz CT molecular complexity index is 759. The van der Waals surface area contributed by atoms with Crippen molar-refractivity contribution in [1.29, 1.82) is 0 Å². The Kier molecular flexibility index (Phi) is 5.05. The monoisotopic (exact) mass is 359 g/mol. The summed E-state index contributed by atoms with van der Waals surface area (Å²) >= 11 is 0. The maximum Gasteiger partial charge on any atom is 0.513 e. The molecule has 0 aromatic heterocycles. The number of ether oxygens (including phenoxy) is 2. The molecule has 0 bridgehead atoms. The molecule has 1 heterocycles. The summed E-state index contributed by atoms with van der Waals surface area (Å²) in [5.74, 6) is 0.321. The maximum atomic E-state index is 12.9. The van der Waals surface area contributed by atoms with E-state index in [2.05, 4.69) is 10.1 Å². The van der Waals surface area contributed by atoms with Gasteiger partial charge in [0.2, 0.25) is 0 Å². The lowest BCUT2D eigenvalue weighted by Crippen LogP contribution is -2.48. The smallest absolute Gasteiger partial charge is 0.437 e. The Balaban J connectivity index is 2.10. The van der Waals surface area contributed by atoms with Gasteiger partial charge in [-0.05, 0) is 56.6 Å². The van der Waals surface area contributed by atoms with Crippen LogP contribution in [0.1, 0.15) is 42.4 Å². The number of nitrogens with one attached hydrogen (secondary N) is 1. The molecule has 0 atom stereocenters. The highest BCUT2D eigenvalue weighted by Gasteiger charge is 2.50. The van der Waals surface area contributed by atoms with E-state index in [1.54, 1.807) is 0 Å². The van der Waals surface area contributed by atoms with Crippen molar-refractivity contribution in [3.63, 3.8) is 0 Å². The fourth-order valence-corrected chi connectivity index (χ4v) is 3.91. The zero-order chi connectivity index (χ0) is 18.9. The van der Waals surface area contributed by atoms with E-state index in [9.17, 15) is 14.7 Å². The van der Waals surface area contributed by atoms with E-state index in [-0.39, 0.29) is 18.4 Å². The van der Waals surface area contributed by atoms with Crippen LogP contribution in [0.3, 0.4) is 0 Å². The van der Waals surface area contributed by atoms with Crippen LogP contribution in [-0.2, 0) is 14.3 Å². The van der Waals surface area contributed by atoms with Crippen LogP contribution in [0.2, 0.25) is 0 Å². The van der Waals surface area contributed by atoms with Gasteiger partial charge in [-0.3, -0.25) is 4.79 Å². The van der Waals surface area contributed by atoms with Gasteiger partial charge in [-0.25, -0.2) is 4.79 Å². The molecule has 1 aromatic rings. The topological polar surface area (TPSA) is 84.9 Å². The van der Waals surface area contributed by atoms with Gasteiger partial charge in [0.15, 0.2) is 0 Å². The van der Waals surface area contributed by atoms with Gasteiger partial charge in [0.25, 0.3) is 5.91 Å². The molecule has 2 aliphatic rings. The highest BCUT2D eigenvalue weighted by atomic mass is 16.7. The van der Waals surface area contributed by atoms with Crippen molar-refractivity contribution in [3.8, 4) is 0 Å². The van der Waals surface area contributed by atoms with Crippen molar-refractivity contribution in [2.75, 3.05) is 13.7 Å². The van der Waals surface area contributed by atoms with Crippen LogP contribution >= 0.6 is 0 Å². The highest BCUT2D eigenvalue weighted by Crippen LogP contribution is 2.45. The first-order valence-electron chi connectivity index (χ1n) is 8.91. The van der Waals surface area contributed by atoms with Crippen molar-refractivity contribution in [2.45, 2.75) is 45.1 Å². The first-order chi connectivity index (χ1) is 12.4. The van der Waals surface area contributed by atoms with Crippen LogP contribution < -0.4 is 5.32 Å². The Morgan fingerprint density at radius 2 is 2.00 bits per heavy atom. The van der Waals surface area contributed by atoms with E-state index in [1.165, 1.54) is 7.11 Å². The molecule has 140 valence electrons. The molecule has 1 spiro atoms. The Morgan fingerprint density at radius 3 is 2.62 bits per heavy atom. The molecule has 1 saturated carbocycles. The molecule has 0 unspecified atom stereocenters. The molecule has 0 radical (unpaired) electrons. The number of methoxy groups -OCH3 is 1. The number of hydrogen-bond acceptors (Lipinski definition) is 5. The lowest BCUT2D eigenvalue weighted by molar-refractivity contribution is -0.116. The molecule has 6 nitrogen and oxygen atoms in total. The molecule has 1 amide bonds. The molecule has 6 heteroatoms. The maximum absolute atomic E-state index is 12.9. The number of benzene rings is 1. The lowest BCUT2D eigenvalue weighted by atomic mass is 9.75. The van der Waals surface area contributed by atoms with Crippen molar-refractivity contribution in [3.05, 3.63) is 40.6 Å². The van der Waals surface area contributed by atoms with Crippen molar-refractivity contribution in [2.24, 2.45) is 5.92 Å². The molecular formula is C20H25NO5. The number of aryl methyl sites for hydroxylation is 2. The Hall–Kier alpha value is -2.34. The fraction of sp³-hybridized carbons (Fsp3) is 0.500. The third-order valence-corrected chi connectivity index (χ3v) is 5.47. The number of hydrogen-bond donors (Lipinski definition) is 2. The normalized spacial score (nSPS) is 25.4. The minimum atomic E-state index is -0.831. The van der Waals surface area contributed by atoms with Crippen LogP contribution in [0.15, 0.2) is 24.0 Å². The fourth-order valence-electron chi connectivity index (χ4n) is 3.91. The van der Waals surface area contributed by atoms with Gasteiger partial charge in [-0.2, -0.15) is 0 Å². The summed E-state index contributed by atoms with van der Waals surface area (Å²) in [6.07, 6.45) is 1.91. The molecule has 1 aliphatic heterocycles. The van der Waals surface area contributed by atoms with Crippen molar-refractivity contribution >= 4 is 17.6 Å². The molecule has 26 heavy (non-hydrogen) atoms. The zero-order valence-electron chi connectivity index (χ0n) is 15.4. The lowest BCUT2D eigenvalue weighted by Gasteiger charge is -2.37. The van der Waals surface area contributed by atoms with E-state index in [0.29, 0.717) is 24.2 Å². The predicted octanol–water partition coefficient (Wildman–Crippen LogP) is 2.85. The number of carbonyl (C=O) groups excluding carboxylic acids is 2. The van der Waals surface area contributed by atoms with E-state index in [1.807, 2.05) is 32.0 Å². The van der Waals surface area contributed by atoms with E-state index < -0.39 is 11.7 Å². The summed E-state index contributed by atoms with van der Waals surface area (Å²) in [6, 6.07) is 5.87. The summed E-state index contributed by atoms with van der Waals surface area (Å²) in [7, 11) is 1.25. The minimum Gasteiger partial charge on any atom is -0.437 e.